The molecule has 0 heterocycles. The van der Waals surface area contributed by atoms with Gasteiger partial charge < -0.3 is 10.6 Å². The molecule has 2 aromatic carbocycles. The third kappa shape index (κ3) is 6.15. The van der Waals surface area contributed by atoms with Crippen LogP contribution in [0.4, 0.5) is 32.0 Å². The molecule has 0 aliphatic heterocycles. The zero-order valence-corrected chi connectivity index (χ0v) is 18.7. The van der Waals surface area contributed by atoms with Crippen molar-refractivity contribution in [3.63, 3.8) is 0 Å². The highest BCUT2D eigenvalue weighted by Crippen LogP contribution is 2.65. The Balaban J connectivity index is 1.72. The molecule has 2 amide bonds. The summed E-state index contributed by atoms with van der Waals surface area (Å²) in [6.45, 7) is -1.20. The van der Waals surface area contributed by atoms with Crippen LogP contribution in [0.5, 0.6) is 0 Å². The first-order chi connectivity index (χ1) is 15.8. The van der Waals surface area contributed by atoms with Gasteiger partial charge in [0.15, 0.2) is 0 Å². The number of hydrogen-bond acceptors (Lipinski definition) is 2. The van der Waals surface area contributed by atoms with Crippen molar-refractivity contribution in [1.29, 1.82) is 0 Å². The van der Waals surface area contributed by atoms with Crippen molar-refractivity contribution >= 4 is 40.7 Å². The van der Waals surface area contributed by atoms with E-state index in [1.54, 1.807) is 12.1 Å². The minimum atomic E-state index is -4.72. The van der Waals surface area contributed by atoms with Gasteiger partial charge in [-0.05, 0) is 41.0 Å². The fourth-order valence-electron chi connectivity index (χ4n) is 3.60. The molecule has 184 valence electrons. The summed E-state index contributed by atoms with van der Waals surface area (Å²) in [5.41, 5.74) is -0.533. The first-order valence-electron chi connectivity index (χ1n) is 9.92. The number of anilines is 1. The predicted molar refractivity (Wildman–Crippen MR) is 114 cm³/mol. The van der Waals surface area contributed by atoms with E-state index < -0.39 is 59.2 Å². The van der Waals surface area contributed by atoms with Crippen molar-refractivity contribution in [1.82, 2.24) is 5.32 Å². The lowest BCUT2D eigenvalue weighted by Gasteiger charge is -2.11. The number of carbonyl (C=O) groups is 2. The van der Waals surface area contributed by atoms with Crippen LogP contribution in [0.2, 0.25) is 0 Å². The molecule has 2 unspecified atom stereocenters. The quantitative estimate of drug-likeness (QED) is 0.328. The molecule has 1 aliphatic carbocycles. The number of rotatable bonds is 8. The van der Waals surface area contributed by atoms with Gasteiger partial charge >= 0.3 is 6.18 Å². The summed E-state index contributed by atoms with van der Waals surface area (Å²) in [5.74, 6) is -3.62. The molecule has 0 radical (unpaired) electrons. The van der Waals surface area contributed by atoms with Crippen LogP contribution in [-0.4, -0.2) is 22.6 Å². The van der Waals surface area contributed by atoms with Gasteiger partial charge in [-0.25, -0.2) is 13.2 Å². The lowest BCUT2D eigenvalue weighted by atomic mass is 10.0. The molecule has 3 rings (SSSR count). The molecular weight excluding hydrogens is 509 g/mol. The Labute approximate surface area is 200 Å². The second-order valence-electron chi connectivity index (χ2n) is 7.79. The number of alkyl halides is 8. The van der Waals surface area contributed by atoms with Crippen LogP contribution >= 0.6 is 23.2 Å². The Kier molecular flexibility index (Phi) is 7.72. The Morgan fingerprint density at radius 1 is 1.06 bits per heavy atom. The van der Waals surface area contributed by atoms with Crippen molar-refractivity contribution in [3.05, 3.63) is 64.7 Å². The van der Waals surface area contributed by atoms with Crippen LogP contribution in [-0.2, 0) is 29.0 Å². The van der Waals surface area contributed by atoms with E-state index in [0.29, 0.717) is 11.6 Å². The third-order valence-electron chi connectivity index (χ3n) is 5.22. The molecule has 12 heteroatoms. The molecule has 0 spiro atoms. The summed E-state index contributed by atoms with van der Waals surface area (Å²) >= 11 is 12.4. The van der Waals surface area contributed by atoms with Gasteiger partial charge in [0.05, 0.1) is 17.9 Å². The van der Waals surface area contributed by atoms with E-state index in [4.69, 9.17) is 23.2 Å². The maximum atomic E-state index is 13.2. The van der Waals surface area contributed by atoms with Gasteiger partial charge in [-0.3, -0.25) is 9.59 Å². The molecule has 1 fully saturated rings. The predicted octanol–water partition coefficient (Wildman–Crippen LogP) is 5.97. The Bertz CT molecular complexity index is 1080. The average molecular weight is 527 g/mol. The van der Waals surface area contributed by atoms with Crippen LogP contribution in [0, 0.1) is 5.92 Å². The average Bonchev–Trinajstić information content (AvgIpc) is 3.33. The highest BCUT2D eigenvalue weighted by atomic mass is 35.5. The maximum Gasteiger partial charge on any atom is 0.416 e. The summed E-state index contributed by atoms with van der Waals surface area (Å²) in [6, 6.07) is 8.78. The molecule has 0 bridgehead atoms. The second-order valence-corrected chi connectivity index (χ2v) is 9.23. The number of halogens is 8. The van der Waals surface area contributed by atoms with Gasteiger partial charge in [0.1, 0.15) is 11.0 Å². The van der Waals surface area contributed by atoms with E-state index >= 15 is 0 Å². The van der Waals surface area contributed by atoms with E-state index in [0.717, 1.165) is 6.07 Å². The Morgan fingerprint density at radius 2 is 1.76 bits per heavy atom. The normalized spacial score (nSPS) is 19.1. The van der Waals surface area contributed by atoms with E-state index in [1.807, 2.05) is 0 Å². The number of nitrogens with one attached hydrogen (secondary N) is 2. The third-order valence-corrected chi connectivity index (χ3v) is 6.16. The van der Waals surface area contributed by atoms with Gasteiger partial charge in [-0.2, -0.15) is 13.2 Å². The molecule has 1 aliphatic rings. The molecular formula is C22H18Cl2F6N2O2. The van der Waals surface area contributed by atoms with Crippen LogP contribution < -0.4 is 10.6 Å². The lowest BCUT2D eigenvalue weighted by molar-refractivity contribution is -0.137. The van der Waals surface area contributed by atoms with Gasteiger partial charge in [0.2, 0.25) is 18.2 Å². The zero-order valence-electron chi connectivity index (χ0n) is 17.2. The minimum absolute atomic E-state index is 0.0110. The van der Waals surface area contributed by atoms with Crippen molar-refractivity contribution in [2.45, 2.75) is 42.5 Å². The fraction of sp³-hybridized carbons (Fsp3) is 0.364. The summed E-state index contributed by atoms with van der Waals surface area (Å²) in [4.78, 5) is 24.2. The number of benzene rings is 2. The van der Waals surface area contributed by atoms with E-state index in [-0.39, 0.29) is 23.4 Å². The minimum Gasteiger partial charge on any atom is -0.352 e. The Morgan fingerprint density at radius 3 is 2.38 bits per heavy atom. The number of carbonyl (C=O) groups excluding carboxylic acids is 2. The monoisotopic (exact) mass is 526 g/mol. The van der Waals surface area contributed by atoms with Crippen molar-refractivity contribution < 1.29 is 35.9 Å². The van der Waals surface area contributed by atoms with Crippen molar-refractivity contribution in [2.24, 2.45) is 5.92 Å². The summed E-state index contributed by atoms with van der Waals surface area (Å²) in [5, 5.41) is 4.88. The Hall–Kier alpha value is -2.46. The second kappa shape index (κ2) is 10.0. The topological polar surface area (TPSA) is 58.2 Å². The van der Waals surface area contributed by atoms with Crippen molar-refractivity contribution in [2.75, 3.05) is 5.32 Å². The highest BCUT2D eigenvalue weighted by Gasteiger charge is 2.67. The maximum absolute atomic E-state index is 13.2. The van der Waals surface area contributed by atoms with Gasteiger partial charge in [0.25, 0.3) is 0 Å². The highest BCUT2D eigenvalue weighted by molar-refractivity contribution is 6.53. The zero-order chi connectivity index (χ0) is 25.3. The largest absolute Gasteiger partial charge is 0.416 e. The van der Waals surface area contributed by atoms with E-state index in [2.05, 4.69) is 10.6 Å². The number of hydrogen-bond donors (Lipinski definition) is 2. The molecule has 2 atom stereocenters. The SMILES string of the molecule is O=C(CC(F)F)NCc1cccc(NC(=O)C2C(c3cc(CF)cc(C(F)(F)F)c3)C2(Cl)Cl)c1. The molecule has 2 aromatic rings. The molecule has 4 nitrogen and oxygen atoms in total. The first kappa shape index (κ1) is 26.2. The molecule has 1 saturated carbocycles. The summed E-state index contributed by atoms with van der Waals surface area (Å²) in [6.07, 6.45) is -8.44. The molecule has 0 saturated heterocycles. The van der Waals surface area contributed by atoms with E-state index in [9.17, 15) is 35.9 Å². The standard InChI is InChI=1S/C22H18Cl2F6N2O2/c23-21(24)18(13-4-12(9-25)5-14(7-13)22(28,29)30)19(21)20(34)32-15-3-1-2-11(6-15)10-31-17(33)8-16(26)27/h1-7,16,18-19H,8-10H2,(H,31,33)(H,32,34). The van der Waals surface area contributed by atoms with Gasteiger partial charge in [0, 0.05) is 18.2 Å². The van der Waals surface area contributed by atoms with Crippen LogP contribution in [0.25, 0.3) is 0 Å². The first-order valence-corrected chi connectivity index (χ1v) is 10.7. The van der Waals surface area contributed by atoms with Crippen LogP contribution in [0.15, 0.2) is 42.5 Å². The fourth-order valence-corrected chi connectivity index (χ4v) is 4.43. The molecule has 34 heavy (non-hydrogen) atoms. The summed E-state index contributed by atoms with van der Waals surface area (Å²) < 4.78 is 75.5. The van der Waals surface area contributed by atoms with Gasteiger partial charge in [-0.1, -0.05) is 18.2 Å². The van der Waals surface area contributed by atoms with Crippen molar-refractivity contribution in [3.8, 4) is 0 Å². The molecule has 2 N–H and O–H groups in total. The van der Waals surface area contributed by atoms with Crippen LogP contribution in [0.3, 0.4) is 0 Å². The molecule has 0 aromatic heterocycles. The lowest BCUT2D eigenvalue weighted by Crippen LogP contribution is -2.24. The van der Waals surface area contributed by atoms with Crippen LogP contribution in [0.1, 0.15) is 34.6 Å². The number of amides is 2. The summed E-state index contributed by atoms with van der Waals surface area (Å²) in [7, 11) is 0. The van der Waals surface area contributed by atoms with E-state index in [1.165, 1.54) is 18.2 Å². The van der Waals surface area contributed by atoms with Gasteiger partial charge in [-0.15, -0.1) is 23.2 Å². The smallest absolute Gasteiger partial charge is 0.352 e.